The van der Waals surface area contributed by atoms with Gasteiger partial charge in [0.15, 0.2) is 0 Å². The van der Waals surface area contributed by atoms with Crippen molar-refractivity contribution in [3.63, 3.8) is 0 Å². The van der Waals surface area contributed by atoms with Gasteiger partial charge in [0.1, 0.15) is 17.9 Å². The Labute approximate surface area is 146 Å². The number of hydrogen-bond donors (Lipinski definition) is 0. The van der Waals surface area contributed by atoms with E-state index >= 15 is 0 Å². The summed E-state index contributed by atoms with van der Waals surface area (Å²) in [5.41, 5.74) is 4.51. The fraction of sp³-hybridized carbons (Fsp3) is 0.227. The predicted octanol–water partition coefficient (Wildman–Crippen LogP) is 4.68. The lowest BCUT2D eigenvalue weighted by molar-refractivity contribution is 0.360. The molecule has 3 heteroatoms. The molecule has 0 saturated heterocycles. The SMILES string of the molecule is Cc1c(OC/C=C/c2ccccc2)ccc2c3c(c(=O)oc12)CCC3. The first-order valence-corrected chi connectivity index (χ1v) is 8.66. The van der Waals surface area contributed by atoms with Crippen molar-refractivity contribution in [2.75, 3.05) is 6.61 Å². The number of ether oxygens (including phenoxy) is 1. The Morgan fingerprint density at radius 3 is 2.72 bits per heavy atom. The van der Waals surface area contributed by atoms with Gasteiger partial charge >= 0.3 is 5.63 Å². The van der Waals surface area contributed by atoms with Gasteiger partial charge in [-0.3, -0.25) is 0 Å². The maximum atomic E-state index is 12.2. The molecule has 0 N–H and O–H groups in total. The minimum Gasteiger partial charge on any atom is -0.489 e. The van der Waals surface area contributed by atoms with Crippen LogP contribution in [0.15, 0.2) is 57.8 Å². The average molecular weight is 332 g/mol. The standard InChI is InChI=1S/C22H20O3/c1-15-20(24-14-6-9-16-7-3-2-4-8-16)13-12-18-17-10-5-11-19(17)22(23)25-21(15)18/h2-4,6-9,12-13H,5,10-11,14H2,1H3/b9-6+. The van der Waals surface area contributed by atoms with Crippen LogP contribution in [-0.4, -0.2) is 6.61 Å². The average Bonchev–Trinajstić information content (AvgIpc) is 3.13. The van der Waals surface area contributed by atoms with Crippen molar-refractivity contribution in [2.45, 2.75) is 26.2 Å². The number of fused-ring (bicyclic) bond motifs is 3. The van der Waals surface area contributed by atoms with Crippen molar-refractivity contribution in [1.82, 2.24) is 0 Å². The fourth-order valence-corrected chi connectivity index (χ4v) is 3.51. The molecule has 126 valence electrons. The van der Waals surface area contributed by atoms with Crippen molar-refractivity contribution >= 4 is 17.0 Å². The summed E-state index contributed by atoms with van der Waals surface area (Å²) in [5.74, 6) is 0.756. The molecule has 0 spiro atoms. The molecule has 0 atom stereocenters. The van der Waals surface area contributed by atoms with Crippen LogP contribution in [0.4, 0.5) is 0 Å². The van der Waals surface area contributed by atoms with Gasteiger partial charge < -0.3 is 9.15 Å². The molecule has 1 heterocycles. The highest BCUT2D eigenvalue weighted by Crippen LogP contribution is 2.32. The molecular weight excluding hydrogens is 312 g/mol. The first kappa shape index (κ1) is 15.7. The molecule has 3 aromatic rings. The second-order valence-electron chi connectivity index (χ2n) is 6.39. The van der Waals surface area contributed by atoms with E-state index in [-0.39, 0.29) is 5.63 Å². The van der Waals surface area contributed by atoms with Crippen LogP contribution < -0.4 is 10.4 Å². The predicted molar refractivity (Wildman–Crippen MR) is 100 cm³/mol. The Bertz CT molecular complexity index is 997. The van der Waals surface area contributed by atoms with Crippen molar-refractivity contribution in [3.8, 4) is 5.75 Å². The molecule has 25 heavy (non-hydrogen) atoms. The highest BCUT2D eigenvalue weighted by molar-refractivity contribution is 5.86. The second-order valence-corrected chi connectivity index (χ2v) is 6.39. The van der Waals surface area contributed by atoms with Gasteiger partial charge in [-0.15, -0.1) is 0 Å². The summed E-state index contributed by atoms with van der Waals surface area (Å²) in [4.78, 5) is 12.2. The highest BCUT2D eigenvalue weighted by Gasteiger charge is 2.21. The number of aryl methyl sites for hydroxylation is 2. The maximum absolute atomic E-state index is 12.2. The van der Waals surface area contributed by atoms with Gasteiger partial charge in [-0.2, -0.15) is 0 Å². The van der Waals surface area contributed by atoms with Crippen LogP contribution in [0, 0.1) is 6.92 Å². The van der Waals surface area contributed by atoms with E-state index in [4.69, 9.17) is 9.15 Å². The van der Waals surface area contributed by atoms with E-state index in [1.807, 2.05) is 61.5 Å². The fourth-order valence-electron chi connectivity index (χ4n) is 3.51. The highest BCUT2D eigenvalue weighted by atomic mass is 16.5. The Kier molecular flexibility index (Phi) is 4.14. The van der Waals surface area contributed by atoms with Crippen molar-refractivity contribution in [2.24, 2.45) is 0 Å². The molecule has 0 fully saturated rings. The van der Waals surface area contributed by atoms with Crippen LogP contribution in [0.5, 0.6) is 5.75 Å². The Hall–Kier alpha value is -2.81. The molecule has 4 rings (SSSR count). The van der Waals surface area contributed by atoms with Crippen molar-refractivity contribution < 1.29 is 9.15 Å². The quantitative estimate of drug-likeness (QED) is 0.651. The molecule has 1 aliphatic rings. The first-order valence-electron chi connectivity index (χ1n) is 8.66. The molecule has 0 bridgehead atoms. The molecular formula is C22H20O3. The normalized spacial score (nSPS) is 13.5. The maximum Gasteiger partial charge on any atom is 0.339 e. The lowest BCUT2D eigenvalue weighted by atomic mass is 10.0. The van der Waals surface area contributed by atoms with Gasteiger partial charge in [0.05, 0.1) is 0 Å². The summed E-state index contributed by atoms with van der Waals surface area (Å²) < 4.78 is 11.5. The first-order chi connectivity index (χ1) is 12.2. The van der Waals surface area contributed by atoms with E-state index < -0.39 is 0 Å². The number of hydrogen-bond acceptors (Lipinski definition) is 3. The van der Waals surface area contributed by atoms with Crippen molar-refractivity contribution in [3.05, 3.63) is 81.2 Å². The molecule has 0 amide bonds. The van der Waals surface area contributed by atoms with Gasteiger partial charge in [-0.25, -0.2) is 4.79 Å². The van der Waals surface area contributed by atoms with Gasteiger partial charge in [-0.1, -0.05) is 36.4 Å². The molecule has 0 saturated carbocycles. The summed E-state index contributed by atoms with van der Waals surface area (Å²) in [7, 11) is 0. The summed E-state index contributed by atoms with van der Waals surface area (Å²) in [6.07, 6.45) is 6.83. The lowest BCUT2D eigenvalue weighted by Gasteiger charge is -2.11. The largest absolute Gasteiger partial charge is 0.489 e. The summed E-state index contributed by atoms with van der Waals surface area (Å²) >= 11 is 0. The third kappa shape index (κ3) is 2.98. The topological polar surface area (TPSA) is 39.4 Å². The Morgan fingerprint density at radius 2 is 1.88 bits per heavy atom. The number of benzene rings is 2. The van der Waals surface area contributed by atoms with E-state index in [0.29, 0.717) is 12.2 Å². The van der Waals surface area contributed by atoms with Crippen LogP contribution in [0.25, 0.3) is 17.0 Å². The Balaban J connectivity index is 1.59. The molecule has 0 unspecified atom stereocenters. The van der Waals surface area contributed by atoms with Crippen LogP contribution in [0.3, 0.4) is 0 Å². The molecule has 1 aromatic heterocycles. The lowest BCUT2D eigenvalue weighted by Crippen LogP contribution is -2.08. The van der Waals surface area contributed by atoms with Gasteiger partial charge in [0.2, 0.25) is 0 Å². The molecule has 0 radical (unpaired) electrons. The molecule has 1 aliphatic carbocycles. The van der Waals surface area contributed by atoms with E-state index in [1.54, 1.807) is 0 Å². The van der Waals surface area contributed by atoms with Gasteiger partial charge in [0, 0.05) is 16.5 Å². The third-order valence-corrected chi connectivity index (χ3v) is 4.79. The van der Waals surface area contributed by atoms with E-state index in [1.165, 1.54) is 0 Å². The second kappa shape index (κ2) is 6.60. The summed E-state index contributed by atoms with van der Waals surface area (Å²) in [6.45, 7) is 2.42. The monoisotopic (exact) mass is 332 g/mol. The minimum atomic E-state index is -0.191. The molecule has 0 aliphatic heterocycles. The van der Waals surface area contributed by atoms with Crippen molar-refractivity contribution in [1.29, 1.82) is 0 Å². The third-order valence-electron chi connectivity index (χ3n) is 4.79. The zero-order valence-electron chi connectivity index (χ0n) is 14.2. The summed E-state index contributed by atoms with van der Waals surface area (Å²) in [5, 5.41) is 1.05. The zero-order chi connectivity index (χ0) is 17.2. The van der Waals surface area contributed by atoms with Crippen LogP contribution in [-0.2, 0) is 12.8 Å². The van der Waals surface area contributed by atoms with E-state index in [2.05, 4.69) is 0 Å². The van der Waals surface area contributed by atoms with Crippen LogP contribution in [0.1, 0.15) is 28.7 Å². The van der Waals surface area contributed by atoms with Crippen LogP contribution in [0.2, 0.25) is 0 Å². The van der Waals surface area contributed by atoms with Crippen LogP contribution >= 0.6 is 0 Å². The zero-order valence-corrected chi connectivity index (χ0v) is 14.2. The number of rotatable bonds is 4. The van der Waals surface area contributed by atoms with E-state index in [9.17, 15) is 4.79 Å². The van der Waals surface area contributed by atoms with Gasteiger partial charge in [0.25, 0.3) is 0 Å². The summed E-state index contributed by atoms with van der Waals surface area (Å²) in [6, 6.07) is 14.1. The van der Waals surface area contributed by atoms with E-state index in [0.717, 1.165) is 52.7 Å². The molecule has 3 nitrogen and oxygen atoms in total. The van der Waals surface area contributed by atoms with Gasteiger partial charge in [-0.05, 0) is 55.5 Å². The smallest absolute Gasteiger partial charge is 0.339 e. The minimum absolute atomic E-state index is 0.191. The Morgan fingerprint density at radius 1 is 1.08 bits per heavy atom. The molecule has 2 aromatic carbocycles.